The molecular weight excluding hydrogens is 238 g/mol. The molecule has 17 heavy (non-hydrogen) atoms. The van der Waals surface area contributed by atoms with E-state index in [1.165, 1.54) is 17.7 Å². The highest BCUT2D eigenvalue weighted by Crippen LogP contribution is 2.28. The molecule has 6 heteroatoms. The summed E-state index contributed by atoms with van der Waals surface area (Å²) >= 11 is 1.53. The molecule has 0 aliphatic rings. The number of anilines is 1. The highest BCUT2D eigenvalue weighted by molar-refractivity contribution is 7.17. The minimum Gasteiger partial charge on any atom is -0.480 e. The maximum Gasteiger partial charge on any atom is 0.326 e. The number of nitrogens with one attached hydrogen (secondary N) is 1. The van der Waals surface area contributed by atoms with Crippen molar-refractivity contribution in [1.82, 2.24) is 9.97 Å². The van der Waals surface area contributed by atoms with Gasteiger partial charge in [0, 0.05) is 0 Å². The SMILES string of the molecule is CCC(Nc1ncnc2scc(C)c12)C(=O)O. The predicted molar refractivity (Wildman–Crippen MR) is 67.5 cm³/mol. The van der Waals surface area contributed by atoms with Crippen molar-refractivity contribution in [2.24, 2.45) is 0 Å². The smallest absolute Gasteiger partial charge is 0.326 e. The number of thiophene rings is 1. The van der Waals surface area contributed by atoms with E-state index < -0.39 is 12.0 Å². The van der Waals surface area contributed by atoms with Crippen LogP contribution in [-0.2, 0) is 4.79 Å². The largest absolute Gasteiger partial charge is 0.480 e. The summed E-state index contributed by atoms with van der Waals surface area (Å²) in [7, 11) is 0. The Morgan fingerprint density at radius 2 is 2.35 bits per heavy atom. The van der Waals surface area contributed by atoms with E-state index in [2.05, 4.69) is 15.3 Å². The van der Waals surface area contributed by atoms with Gasteiger partial charge in [-0.2, -0.15) is 0 Å². The fraction of sp³-hybridized carbons (Fsp3) is 0.364. The molecule has 0 aliphatic carbocycles. The zero-order valence-electron chi connectivity index (χ0n) is 9.60. The van der Waals surface area contributed by atoms with E-state index >= 15 is 0 Å². The first kappa shape index (κ1) is 11.8. The van der Waals surface area contributed by atoms with Crippen molar-refractivity contribution in [2.45, 2.75) is 26.3 Å². The second-order valence-corrected chi connectivity index (χ2v) is 4.62. The predicted octanol–water partition coefficient (Wildman–Crippen LogP) is 2.27. The van der Waals surface area contributed by atoms with Crippen molar-refractivity contribution in [3.63, 3.8) is 0 Å². The minimum atomic E-state index is -0.868. The van der Waals surface area contributed by atoms with Crippen LogP contribution in [0.15, 0.2) is 11.7 Å². The number of rotatable bonds is 4. The maximum atomic E-state index is 11.0. The summed E-state index contributed by atoms with van der Waals surface area (Å²) in [5, 5.41) is 14.9. The average Bonchev–Trinajstić information content (AvgIpc) is 2.68. The highest BCUT2D eigenvalue weighted by atomic mass is 32.1. The Hall–Kier alpha value is -1.69. The number of carboxylic acid groups (broad SMARTS) is 1. The minimum absolute atomic E-state index is 0.504. The van der Waals surface area contributed by atoms with Crippen LogP contribution in [0.3, 0.4) is 0 Å². The first-order chi connectivity index (χ1) is 8.13. The molecule has 0 fully saturated rings. The van der Waals surface area contributed by atoms with Crippen molar-refractivity contribution in [2.75, 3.05) is 5.32 Å². The number of aromatic nitrogens is 2. The standard InChI is InChI=1S/C11H13N3O2S/c1-3-7(11(15)16)14-9-8-6(2)4-17-10(8)13-5-12-9/h4-5,7H,3H2,1-2H3,(H,15,16)(H,12,13,14). The van der Waals surface area contributed by atoms with Crippen LogP contribution in [0, 0.1) is 6.92 Å². The zero-order chi connectivity index (χ0) is 12.4. The highest BCUT2D eigenvalue weighted by Gasteiger charge is 2.17. The van der Waals surface area contributed by atoms with E-state index in [9.17, 15) is 4.79 Å². The number of nitrogens with zero attached hydrogens (tertiary/aromatic N) is 2. The van der Waals surface area contributed by atoms with Gasteiger partial charge in [-0.3, -0.25) is 0 Å². The summed E-state index contributed by atoms with van der Waals surface area (Å²) in [6.07, 6.45) is 1.96. The second-order valence-electron chi connectivity index (χ2n) is 3.76. The normalized spacial score (nSPS) is 12.6. The zero-order valence-corrected chi connectivity index (χ0v) is 10.4. The lowest BCUT2D eigenvalue weighted by Crippen LogP contribution is -2.28. The van der Waals surface area contributed by atoms with Gasteiger partial charge < -0.3 is 10.4 Å². The van der Waals surface area contributed by atoms with Crippen LogP contribution in [0.5, 0.6) is 0 Å². The summed E-state index contributed by atoms with van der Waals surface area (Å²) in [5.74, 6) is -0.268. The fourth-order valence-electron chi connectivity index (χ4n) is 1.63. The quantitative estimate of drug-likeness (QED) is 0.871. The molecule has 0 amide bonds. The number of aliphatic carboxylic acids is 1. The topological polar surface area (TPSA) is 75.1 Å². The number of carboxylic acids is 1. The Bertz CT molecular complexity index is 553. The number of hydrogen-bond donors (Lipinski definition) is 2. The molecule has 2 N–H and O–H groups in total. The lowest BCUT2D eigenvalue weighted by molar-refractivity contribution is -0.137. The van der Waals surface area contributed by atoms with Gasteiger partial charge in [0.05, 0.1) is 5.39 Å². The van der Waals surface area contributed by atoms with Crippen molar-refractivity contribution in [3.8, 4) is 0 Å². The molecule has 0 saturated heterocycles. The number of fused-ring (bicyclic) bond motifs is 1. The lowest BCUT2D eigenvalue weighted by atomic mass is 10.2. The van der Waals surface area contributed by atoms with Gasteiger partial charge >= 0.3 is 5.97 Å². The summed E-state index contributed by atoms with van der Waals surface area (Å²) in [5.41, 5.74) is 1.06. The third-order valence-electron chi connectivity index (χ3n) is 2.57. The van der Waals surface area contributed by atoms with E-state index in [0.29, 0.717) is 12.2 Å². The van der Waals surface area contributed by atoms with Crippen LogP contribution in [-0.4, -0.2) is 27.1 Å². The van der Waals surface area contributed by atoms with Crippen LogP contribution in [0.1, 0.15) is 18.9 Å². The molecule has 90 valence electrons. The monoisotopic (exact) mass is 251 g/mol. The molecule has 2 aromatic rings. The molecule has 0 aliphatic heterocycles. The molecule has 1 unspecified atom stereocenters. The Kier molecular flexibility index (Phi) is 3.23. The van der Waals surface area contributed by atoms with Crippen molar-refractivity contribution >= 4 is 33.3 Å². The average molecular weight is 251 g/mol. The number of hydrogen-bond acceptors (Lipinski definition) is 5. The Balaban J connectivity index is 2.41. The van der Waals surface area contributed by atoms with Gasteiger partial charge in [0.1, 0.15) is 23.0 Å². The van der Waals surface area contributed by atoms with Gasteiger partial charge in [0.15, 0.2) is 0 Å². The van der Waals surface area contributed by atoms with Crippen LogP contribution >= 0.6 is 11.3 Å². The Labute approximate surface area is 103 Å². The molecule has 2 aromatic heterocycles. The van der Waals surface area contributed by atoms with Gasteiger partial charge in [0.25, 0.3) is 0 Å². The third kappa shape index (κ3) is 2.21. The first-order valence-corrected chi connectivity index (χ1v) is 6.19. The van der Waals surface area contributed by atoms with Crippen LogP contribution in [0.4, 0.5) is 5.82 Å². The van der Waals surface area contributed by atoms with Crippen LogP contribution in [0.2, 0.25) is 0 Å². The van der Waals surface area contributed by atoms with Gasteiger partial charge in [0.2, 0.25) is 0 Å². The van der Waals surface area contributed by atoms with Gasteiger partial charge in [-0.15, -0.1) is 11.3 Å². The first-order valence-electron chi connectivity index (χ1n) is 5.31. The molecule has 2 rings (SSSR count). The molecule has 0 saturated carbocycles. The Morgan fingerprint density at radius 1 is 1.59 bits per heavy atom. The summed E-state index contributed by atoms with van der Waals surface area (Å²) in [6.45, 7) is 3.79. The molecule has 0 radical (unpaired) electrons. The van der Waals surface area contributed by atoms with Crippen LogP contribution in [0.25, 0.3) is 10.2 Å². The summed E-state index contributed by atoms with van der Waals surface area (Å²) < 4.78 is 0. The molecule has 0 aromatic carbocycles. The van der Waals surface area contributed by atoms with Crippen molar-refractivity contribution in [3.05, 3.63) is 17.3 Å². The summed E-state index contributed by atoms with van der Waals surface area (Å²) in [6, 6.07) is -0.618. The lowest BCUT2D eigenvalue weighted by Gasteiger charge is -2.13. The van der Waals surface area contributed by atoms with Crippen LogP contribution < -0.4 is 5.32 Å². The van der Waals surface area contributed by atoms with Gasteiger partial charge in [-0.25, -0.2) is 14.8 Å². The molecule has 0 spiro atoms. The number of carbonyl (C=O) groups is 1. The summed E-state index contributed by atoms with van der Waals surface area (Å²) in [4.78, 5) is 20.2. The molecular formula is C11H13N3O2S. The molecule has 1 atom stereocenters. The van der Waals surface area contributed by atoms with E-state index in [1.54, 1.807) is 0 Å². The number of aryl methyl sites for hydroxylation is 1. The van der Waals surface area contributed by atoms with Gasteiger partial charge in [-0.05, 0) is 24.3 Å². The Morgan fingerprint density at radius 3 is 3.00 bits per heavy atom. The fourth-order valence-corrected chi connectivity index (χ4v) is 2.52. The maximum absolute atomic E-state index is 11.0. The third-order valence-corrected chi connectivity index (χ3v) is 3.58. The van der Waals surface area contributed by atoms with E-state index in [1.807, 2.05) is 19.2 Å². The van der Waals surface area contributed by atoms with Crippen molar-refractivity contribution < 1.29 is 9.90 Å². The molecule has 2 heterocycles. The molecule has 5 nitrogen and oxygen atoms in total. The van der Waals surface area contributed by atoms with E-state index in [0.717, 1.165) is 15.8 Å². The van der Waals surface area contributed by atoms with Gasteiger partial charge in [-0.1, -0.05) is 6.92 Å². The van der Waals surface area contributed by atoms with E-state index in [4.69, 9.17) is 5.11 Å². The van der Waals surface area contributed by atoms with Crippen molar-refractivity contribution in [1.29, 1.82) is 0 Å². The molecule has 0 bridgehead atoms. The second kappa shape index (κ2) is 4.67. The van der Waals surface area contributed by atoms with E-state index in [-0.39, 0.29) is 0 Å².